The van der Waals surface area contributed by atoms with E-state index in [2.05, 4.69) is 0 Å². The van der Waals surface area contributed by atoms with Gasteiger partial charge in [-0.3, -0.25) is 4.55 Å². The highest BCUT2D eigenvalue weighted by Gasteiger charge is 2.99. The Morgan fingerprint density at radius 2 is 0.724 bits per heavy atom. The van der Waals surface area contributed by atoms with Crippen molar-refractivity contribution in [2.45, 2.75) is 47.0 Å². The molecule has 0 radical (unpaired) electrons. The summed E-state index contributed by atoms with van der Waals surface area (Å²) >= 11 is 0. The van der Waals surface area contributed by atoms with E-state index >= 15 is 0 Å². The molecule has 1 unspecified atom stereocenters. The highest BCUT2D eigenvalue weighted by atomic mass is 32.2. The van der Waals surface area contributed by atoms with E-state index in [1.165, 1.54) is 0 Å². The fourth-order valence-electron chi connectivity index (χ4n) is 1.51. The first-order valence-corrected chi connectivity index (χ1v) is 7.12. The van der Waals surface area contributed by atoms with E-state index in [1.807, 2.05) is 0 Å². The molecule has 21 heteroatoms. The van der Waals surface area contributed by atoms with Crippen LogP contribution in [0.4, 0.5) is 74.6 Å². The van der Waals surface area contributed by atoms with Crippen LogP contribution in [0.5, 0.6) is 0 Å². The van der Waals surface area contributed by atoms with E-state index < -0.39 is 57.1 Å². The molecule has 0 bridgehead atoms. The maximum absolute atomic E-state index is 13.6. The minimum Gasteiger partial charge on any atom is -0.281 e. The van der Waals surface area contributed by atoms with E-state index in [9.17, 15) is 83.1 Å². The molecule has 29 heavy (non-hydrogen) atoms. The average Bonchev–Trinajstić information content (AvgIpc) is 2.41. The molecule has 1 N–H and O–H groups in total. The maximum Gasteiger partial charge on any atom is 0.460 e. The van der Waals surface area contributed by atoms with Gasteiger partial charge in [-0.05, 0) is 0 Å². The Labute approximate surface area is 146 Å². The van der Waals surface area contributed by atoms with Gasteiger partial charge in [-0.1, -0.05) is 0 Å². The zero-order valence-electron chi connectivity index (χ0n) is 12.1. The third-order valence-electron chi connectivity index (χ3n) is 3.09. The lowest BCUT2D eigenvalue weighted by Crippen LogP contribution is -2.79. The van der Waals surface area contributed by atoms with Crippen molar-refractivity contribution >= 4 is 10.1 Å². The average molecular weight is 500 g/mol. The van der Waals surface area contributed by atoms with Crippen LogP contribution in [0.2, 0.25) is 0 Å². The van der Waals surface area contributed by atoms with E-state index in [1.54, 1.807) is 0 Å². The van der Waals surface area contributed by atoms with Gasteiger partial charge in [0.25, 0.3) is 0 Å². The van der Waals surface area contributed by atoms with Gasteiger partial charge < -0.3 is 0 Å². The number of hydrogen-bond donors (Lipinski definition) is 1. The van der Waals surface area contributed by atoms with Gasteiger partial charge in [0.2, 0.25) is 0 Å². The van der Waals surface area contributed by atoms with Crippen LogP contribution in [0.1, 0.15) is 0 Å². The molecule has 0 aliphatic carbocycles. The fraction of sp³-hybridized carbons (Fsp3) is 1.00. The topological polar surface area (TPSA) is 54.4 Å². The van der Waals surface area contributed by atoms with Crippen LogP contribution >= 0.6 is 0 Å². The van der Waals surface area contributed by atoms with E-state index in [4.69, 9.17) is 4.55 Å². The molecule has 176 valence electrons. The Bertz CT molecular complexity index is 731. The molecule has 0 saturated carbocycles. The van der Waals surface area contributed by atoms with Crippen LogP contribution in [-0.4, -0.2) is 59.9 Å². The molecule has 3 nitrogen and oxygen atoms in total. The van der Waals surface area contributed by atoms with Crippen LogP contribution in [0.25, 0.3) is 0 Å². The summed E-state index contributed by atoms with van der Waals surface area (Å²) in [4.78, 5) is 0. The van der Waals surface area contributed by atoms with Crippen LogP contribution in [0.3, 0.4) is 0 Å². The van der Waals surface area contributed by atoms with Crippen LogP contribution in [0.15, 0.2) is 0 Å². The Morgan fingerprint density at radius 3 is 0.931 bits per heavy atom. The molecule has 0 heterocycles. The molecule has 0 aromatic rings. The van der Waals surface area contributed by atoms with Crippen LogP contribution in [-0.2, 0) is 10.1 Å². The number of halogens is 17. The van der Waals surface area contributed by atoms with Crippen molar-refractivity contribution in [1.29, 1.82) is 0 Å². The second kappa shape index (κ2) is 6.36. The molecule has 0 spiro atoms. The predicted octanol–water partition coefficient (Wildman–Crippen LogP) is 4.84. The Kier molecular flexibility index (Phi) is 6.08. The molecule has 0 fully saturated rings. The summed E-state index contributed by atoms with van der Waals surface area (Å²) in [5, 5.41) is -7.99. The highest BCUT2D eigenvalue weighted by Crippen LogP contribution is 2.66. The largest absolute Gasteiger partial charge is 0.460 e. The Morgan fingerprint density at radius 1 is 0.448 bits per heavy atom. The van der Waals surface area contributed by atoms with Gasteiger partial charge in [0.15, 0.2) is 0 Å². The summed E-state index contributed by atoms with van der Waals surface area (Å²) in [6.07, 6.45) is -16.6. The summed E-state index contributed by atoms with van der Waals surface area (Å²) in [5.74, 6) is -35.3. The first-order chi connectivity index (χ1) is 12.0. The molecular formula is C8HF17O3S. The van der Waals surface area contributed by atoms with Crippen LogP contribution in [0, 0.1) is 0 Å². The SMILES string of the molecule is O=S(=O)(O)C(F)(F)C(F)(F)C(F)(F)C(F)(C(F)(F)F)C(F)(F)C(F)(F)C(F)(F)F. The normalized spacial score (nSPS) is 18.6. The number of alkyl halides is 17. The third-order valence-corrected chi connectivity index (χ3v) is 3.99. The molecular weight excluding hydrogens is 499 g/mol. The lowest BCUT2D eigenvalue weighted by Gasteiger charge is -2.45. The van der Waals surface area contributed by atoms with E-state index in [0.29, 0.717) is 0 Å². The summed E-state index contributed by atoms with van der Waals surface area (Å²) < 4.78 is 244. The lowest BCUT2D eigenvalue weighted by atomic mass is 9.82. The van der Waals surface area contributed by atoms with Crippen molar-refractivity contribution in [3.63, 3.8) is 0 Å². The Balaban J connectivity index is 7.39. The van der Waals surface area contributed by atoms with Crippen molar-refractivity contribution in [3.8, 4) is 0 Å². The van der Waals surface area contributed by atoms with Crippen molar-refractivity contribution in [2.24, 2.45) is 0 Å². The first-order valence-electron chi connectivity index (χ1n) is 5.68. The number of rotatable bonds is 6. The first kappa shape index (κ1) is 27.7. The fourth-order valence-corrected chi connectivity index (χ4v) is 1.96. The van der Waals surface area contributed by atoms with E-state index in [0.717, 1.165) is 0 Å². The minimum atomic E-state index is -9.16. The monoisotopic (exact) mass is 500 g/mol. The molecule has 1 atom stereocenters. The van der Waals surface area contributed by atoms with Crippen molar-refractivity contribution in [3.05, 3.63) is 0 Å². The van der Waals surface area contributed by atoms with Gasteiger partial charge in [-0.15, -0.1) is 0 Å². The molecule has 0 rings (SSSR count). The van der Waals surface area contributed by atoms with Gasteiger partial charge in [0, 0.05) is 0 Å². The van der Waals surface area contributed by atoms with Gasteiger partial charge in [0.1, 0.15) is 0 Å². The predicted molar refractivity (Wildman–Crippen MR) is 52.2 cm³/mol. The van der Waals surface area contributed by atoms with E-state index in [-0.39, 0.29) is 0 Å². The number of hydrogen-bond acceptors (Lipinski definition) is 2. The molecule has 0 aliphatic heterocycles. The second-order valence-corrected chi connectivity index (χ2v) is 6.41. The van der Waals surface area contributed by atoms with Crippen molar-refractivity contribution in [2.75, 3.05) is 0 Å². The Hall–Kier alpha value is -1.28. The van der Waals surface area contributed by atoms with Crippen LogP contribution < -0.4 is 0 Å². The lowest BCUT2D eigenvalue weighted by molar-refractivity contribution is -0.464. The second-order valence-electron chi connectivity index (χ2n) is 4.94. The minimum absolute atomic E-state index is 7.69. The third kappa shape index (κ3) is 3.26. The molecule has 0 aromatic heterocycles. The summed E-state index contributed by atoms with van der Waals surface area (Å²) in [5.41, 5.74) is -9.16. The van der Waals surface area contributed by atoms with Gasteiger partial charge >= 0.3 is 57.1 Å². The van der Waals surface area contributed by atoms with Crippen molar-refractivity contribution < 1.29 is 87.6 Å². The van der Waals surface area contributed by atoms with Gasteiger partial charge in [-0.2, -0.15) is 78.7 Å². The molecule has 0 aromatic carbocycles. The molecule has 0 amide bonds. The smallest absolute Gasteiger partial charge is 0.281 e. The quantitative estimate of drug-likeness (QED) is 0.420. The maximum atomic E-state index is 13.6. The zero-order chi connectivity index (χ0) is 24.5. The van der Waals surface area contributed by atoms with Gasteiger partial charge in [-0.25, -0.2) is 4.39 Å². The summed E-state index contributed by atoms with van der Waals surface area (Å²) in [7, 11) is -8.01. The summed E-state index contributed by atoms with van der Waals surface area (Å²) in [6, 6.07) is 0. The standard InChI is InChI=1S/C8HF17O3S/c9-1(6(18,19)20,2(10,11)4(14,15)7(21,22)23)3(12,13)5(16,17)8(24,25)29(26,27)28/h(H,26,27,28). The summed E-state index contributed by atoms with van der Waals surface area (Å²) in [6.45, 7) is 0. The van der Waals surface area contributed by atoms with Crippen molar-refractivity contribution in [1.82, 2.24) is 0 Å². The zero-order valence-corrected chi connectivity index (χ0v) is 12.9. The molecule has 0 saturated heterocycles. The van der Waals surface area contributed by atoms with Gasteiger partial charge in [0.05, 0.1) is 0 Å². The highest BCUT2D eigenvalue weighted by molar-refractivity contribution is 7.87. The molecule has 0 aliphatic rings.